The summed E-state index contributed by atoms with van der Waals surface area (Å²) in [6.07, 6.45) is 3.49. The van der Waals surface area contributed by atoms with Gasteiger partial charge in [0, 0.05) is 19.0 Å². The number of pyridine rings is 1. The van der Waals surface area contributed by atoms with Crippen LogP contribution in [0.15, 0.2) is 52.0 Å². The van der Waals surface area contributed by atoms with E-state index in [1.54, 1.807) is 36.5 Å². The van der Waals surface area contributed by atoms with E-state index < -0.39 is 17.1 Å². The van der Waals surface area contributed by atoms with Crippen LogP contribution in [0.25, 0.3) is 11.5 Å². The van der Waals surface area contributed by atoms with Crippen molar-refractivity contribution in [3.63, 3.8) is 0 Å². The number of hydrogen-bond donors (Lipinski definition) is 2. The molecule has 0 saturated heterocycles. The Bertz CT molecular complexity index is 870. The number of aryl methyl sites for hydroxylation is 1. The predicted octanol–water partition coefficient (Wildman–Crippen LogP) is 1.95. The molecule has 0 bridgehead atoms. The Balaban J connectivity index is 1.90. The van der Waals surface area contributed by atoms with Crippen molar-refractivity contribution < 1.29 is 14.3 Å². The number of carbonyl (C=O) groups is 1. The molecule has 7 nitrogen and oxygen atoms in total. The summed E-state index contributed by atoms with van der Waals surface area (Å²) in [5, 5.41) is 9.83. The molecule has 0 aliphatic rings. The van der Waals surface area contributed by atoms with Gasteiger partial charge < -0.3 is 14.5 Å². The molecule has 0 unspecified atom stereocenters. The Kier molecular flexibility index (Phi) is 4.01. The van der Waals surface area contributed by atoms with Crippen LogP contribution in [-0.2, 0) is 6.42 Å². The van der Waals surface area contributed by atoms with Crippen molar-refractivity contribution in [1.29, 1.82) is 0 Å². The number of aromatic nitrogens is 3. The topological polar surface area (TPSA) is 109 Å². The normalized spacial score (nSPS) is 10.6. The van der Waals surface area contributed by atoms with Crippen LogP contribution in [0.3, 0.4) is 0 Å². The summed E-state index contributed by atoms with van der Waals surface area (Å²) < 4.78 is 5.15. The summed E-state index contributed by atoms with van der Waals surface area (Å²) in [6.45, 7) is 0. The summed E-state index contributed by atoms with van der Waals surface area (Å²) in [5.41, 5.74) is -0.632. The number of carbonyl (C=O) groups excluding carboxylic acids is 1. The van der Waals surface area contributed by atoms with E-state index in [4.69, 9.17) is 4.42 Å². The SMILES string of the molecule is O=C(CCc1ccco1)c1nc(-c2ccccn2)[nH]c(=O)c1O. The number of aromatic hydroxyl groups is 1. The maximum Gasteiger partial charge on any atom is 0.294 e. The van der Waals surface area contributed by atoms with Crippen LogP contribution in [0, 0.1) is 0 Å². The predicted molar refractivity (Wildman–Crippen MR) is 81.1 cm³/mol. The van der Waals surface area contributed by atoms with E-state index >= 15 is 0 Å². The third kappa shape index (κ3) is 3.18. The largest absolute Gasteiger partial charge is 0.501 e. The Hall–Kier alpha value is -3.22. The Morgan fingerprint density at radius 1 is 1.26 bits per heavy atom. The van der Waals surface area contributed by atoms with Crippen LogP contribution in [0.1, 0.15) is 22.7 Å². The molecule has 0 amide bonds. The molecule has 3 rings (SSSR count). The first-order chi connectivity index (χ1) is 11.1. The van der Waals surface area contributed by atoms with Crippen LogP contribution >= 0.6 is 0 Å². The van der Waals surface area contributed by atoms with Crippen molar-refractivity contribution in [2.24, 2.45) is 0 Å². The number of Topliss-reactive ketones (excluding diaryl/α,β-unsaturated/α-hetero) is 1. The van der Waals surface area contributed by atoms with E-state index in [2.05, 4.69) is 15.0 Å². The summed E-state index contributed by atoms with van der Waals surface area (Å²) in [4.78, 5) is 34.6. The Labute approximate surface area is 130 Å². The van der Waals surface area contributed by atoms with Crippen LogP contribution in [0.2, 0.25) is 0 Å². The van der Waals surface area contributed by atoms with Crippen molar-refractivity contribution in [2.45, 2.75) is 12.8 Å². The molecule has 0 aliphatic heterocycles. The van der Waals surface area contributed by atoms with Gasteiger partial charge in [0.25, 0.3) is 5.56 Å². The number of aromatic amines is 1. The maximum absolute atomic E-state index is 12.3. The van der Waals surface area contributed by atoms with Gasteiger partial charge in [0.1, 0.15) is 11.5 Å². The molecule has 0 saturated carbocycles. The lowest BCUT2D eigenvalue weighted by atomic mass is 10.1. The van der Waals surface area contributed by atoms with Crippen molar-refractivity contribution in [2.75, 3.05) is 0 Å². The molecule has 3 aromatic heterocycles. The van der Waals surface area contributed by atoms with Crippen LogP contribution in [-0.4, -0.2) is 25.8 Å². The molecule has 0 aliphatic carbocycles. The van der Waals surface area contributed by atoms with Gasteiger partial charge in [0.15, 0.2) is 17.3 Å². The summed E-state index contributed by atoms with van der Waals surface area (Å²) in [7, 11) is 0. The molecular formula is C16H13N3O4. The molecule has 2 N–H and O–H groups in total. The molecule has 7 heteroatoms. The fourth-order valence-corrected chi connectivity index (χ4v) is 2.10. The second-order valence-corrected chi connectivity index (χ2v) is 4.83. The minimum absolute atomic E-state index is 0.0686. The highest BCUT2D eigenvalue weighted by Gasteiger charge is 2.19. The average Bonchev–Trinajstić information content (AvgIpc) is 3.09. The first-order valence-corrected chi connectivity index (χ1v) is 6.95. The fourth-order valence-electron chi connectivity index (χ4n) is 2.10. The van der Waals surface area contributed by atoms with Crippen molar-refractivity contribution >= 4 is 5.78 Å². The van der Waals surface area contributed by atoms with E-state index in [1.165, 1.54) is 6.26 Å². The van der Waals surface area contributed by atoms with Gasteiger partial charge in [-0.3, -0.25) is 14.6 Å². The van der Waals surface area contributed by atoms with Gasteiger partial charge in [-0.25, -0.2) is 4.98 Å². The summed E-state index contributed by atoms with van der Waals surface area (Å²) in [5.74, 6) is -0.348. The number of furan rings is 1. The highest BCUT2D eigenvalue weighted by atomic mass is 16.3. The molecule has 23 heavy (non-hydrogen) atoms. The molecule has 0 atom stereocenters. The van der Waals surface area contributed by atoms with E-state index in [0.29, 0.717) is 17.9 Å². The maximum atomic E-state index is 12.3. The van der Waals surface area contributed by atoms with Gasteiger partial charge in [-0.2, -0.15) is 0 Å². The van der Waals surface area contributed by atoms with Gasteiger partial charge in [-0.1, -0.05) is 6.07 Å². The van der Waals surface area contributed by atoms with Gasteiger partial charge in [0.05, 0.1) is 6.26 Å². The first-order valence-electron chi connectivity index (χ1n) is 6.95. The Morgan fingerprint density at radius 2 is 2.13 bits per heavy atom. The van der Waals surface area contributed by atoms with Crippen LogP contribution in [0.4, 0.5) is 0 Å². The lowest BCUT2D eigenvalue weighted by Gasteiger charge is -2.05. The number of H-pyrrole nitrogens is 1. The summed E-state index contributed by atoms with van der Waals surface area (Å²) >= 11 is 0. The number of rotatable bonds is 5. The van der Waals surface area contributed by atoms with E-state index in [9.17, 15) is 14.7 Å². The van der Waals surface area contributed by atoms with E-state index in [0.717, 1.165) is 0 Å². The summed E-state index contributed by atoms with van der Waals surface area (Å²) in [6, 6.07) is 8.57. The molecule has 0 spiro atoms. The standard InChI is InChI=1S/C16H13N3O4/c20-12(7-6-10-4-3-9-23-10)13-14(21)16(22)19-15(18-13)11-5-1-2-8-17-11/h1-5,8-9,21H,6-7H2,(H,18,19,22). The van der Waals surface area contributed by atoms with Gasteiger partial charge in [-0.05, 0) is 24.3 Å². The minimum atomic E-state index is -0.776. The van der Waals surface area contributed by atoms with Crippen LogP contribution in [0.5, 0.6) is 5.75 Å². The number of nitrogens with one attached hydrogen (secondary N) is 1. The van der Waals surface area contributed by atoms with Gasteiger partial charge >= 0.3 is 0 Å². The zero-order valence-corrected chi connectivity index (χ0v) is 12.0. The Morgan fingerprint density at radius 3 is 2.83 bits per heavy atom. The van der Waals surface area contributed by atoms with Crippen LogP contribution < -0.4 is 5.56 Å². The number of nitrogens with zero attached hydrogens (tertiary/aromatic N) is 2. The lowest BCUT2D eigenvalue weighted by Crippen LogP contribution is -2.16. The number of ketones is 1. The quantitative estimate of drug-likeness (QED) is 0.697. The average molecular weight is 311 g/mol. The minimum Gasteiger partial charge on any atom is -0.501 e. The molecular weight excluding hydrogens is 298 g/mol. The highest BCUT2D eigenvalue weighted by molar-refractivity contribution is 5.96. The second-order valence-electron chi connectivity index (χ2n) is 4.83. The third-order valence-electron chi connectivity index (χ3n) is 3.25. The third-order valence-corrected chi connectivity index (χ3v) is 3.25. The zero-order valence-electron chi connectivity index (χ0n) is 12.0. The first kappa shape index (κ1) is 14.7. The molecule has 116 valence electrons. The van der Waals surface area contributed by atoms with E-state index in [-0.39, 0.29) is 17.9 Å². The zero-order chi connectivity index (χ0) is 16.2. The van der Waals surface area contributed by atoms with Crippen molar-refractivity contribution in [3.8, 4) is 17.3 Å². The molecule has 0 aromatic carbocycles. The fraction of sp³-hybridized carbons (Fsp3) is 0.125. The van der Waals surface area contributed by atoms with Crippen molar-refractivity contribution in [1.82, 2.24) is 15.0 Å². The highest BCUT2D eigenvalue weighted by Crippen LogP contribution is 2.17. The van der Waals surface area contributed by atoms with E-state index in [1.807, 2.05) is 0 Å². The number of hydrogen-bond acceptors (Lipinski definition) is 6. The smallest absolute Gasteiger partial charge is 0.294 e. The molecule has 0 fully saturated rings. The lowest BCUT2D eigenvalue weighted by molar-refractivity contribution is 0.0973. The second kappa shape index (κ2) is 6.27. The monoisotopic (exact) mass is 311 g/mol. The molecule has 0 radical (unpaired) electrons. The van der Waals surface area contributed by atoms with Crippen molar-refractivity contribution in [3.05, 3.63) is 64.6 Å². The van der Waals surface area contributed by atoms with Gasteiger partial charge in [0.2, 0.25) is 5.75 Å². The molecule has 3 heterocycles. The van der Waals surface area contributed by atoms with Gasteiger partial charge in [-0.15, -0.1) is 0 Å². The molecule has 3 aromatic rings.